The lowest BCUT2D eigenvalue weighted by atomic mass is 9.98. The fourth-order valence-electron chi connectivity index (χ4n) is 3.77. The average molecular weight is 409 g/mol. The number of carbonyl (C=O) groups is 3. The quantitative estimate of drug-likeness (QED) is 0.559. The second kappa shape index (κ2) is 7.57. The molecule has 0 saturated carbocycles. The fourth-order valence-corrected chi connectivity index (χ4v) is 3.77. The minimum absolute atomic E-state index is 0.0394. The minimum atomic E-state index is -1.16. The molecule has 4 rings (SSSR count). The summed E-state index contributed by atoms with van der Waals surface area (Å²) in [5.41, 5.74) is 3.76. The summed E-state index contributed by atoms with van der Waals surface area (Å²) in [7, 11) is 0. The van der Waals surface area contributed by atoms with Gasteiger partial charge in [-0.05, 0) is 43.0 Å². The van der Waals surface area contributed by atoms with Crippen LogP contribution < -0.4 is 0 Å². The van der Waals surface area contributed by atoms with Crippen molar-refractivity contribution in [1.29, 1.82) is 0 Å². The third kappa shape index (κ3) is 3.68. The van der Waals surface area contributed by atoms with Gasteiger partial charge in [-0.15, -0.1) is 0 Å². The van der Waals surface area contributed by atoms with Crippen LogP contribution in [-0.4, -0.2) is 47.9 Å². The van der Waals surface area contributed by atoms with Crippen molar-refractivity contribution in [2.75, 3.05) is 13.2 Å². The fraction of sp³-hybridized carbons (Fsp3) is 0.348. The molecule has 0 aromatic heterocycles. The first-order valence-electron chi connectivity index (χ1n) is 9.80. The van der Waals surface area contributed by atoms with Crippen LogP contribution in [0, 0.1) is 0 Å². The summed E-state index contributed by atoms with van der Waals surface area (Å²) in [5.74, 6) is -0.974. The van der Waals surface area contributed by atoms with Crippen LogP contribution in [0.3, 0.4) is 0 Å². The van der Waals surface area contributed by atoms with Crippen LogP contribution in [0.15, 0.2) is 48.5 Å². The van der Waals surface area contributed by atoms with Gasteiger partial charge in [0.05, 0.1) is 12.2 Å². The number of rotatable bonds is 4. The van der Waals surface area contributed by atoms with Gasteiger partial charge in [0.25, 0.3) is 0 Å². The van der Waals surface area contributed by atoms with Crippen LogP contribution in [0.5, 0.6) is 0 Å². The van der Waals surface area contributed by atoms with Crippen molar-refractivity contribution in [1.82, 2.24) is 4.90 Å². The number of imide groups is 1. The average Bonchev–Trinajstić information content (AvgIpc) is 3.17. The summed E-state index contributed by atoms with van der Waals surface area (Å²) in [6, 6.07) is 14.7. The van der Waals surface area contributed by atoms with E-state index < -0.39 is 29.8 Å². The summed E-state index contributed by atoms with van der Waals surface area (Å²) in [6.07, 6.45) is -1.96. The van der Waals surface area contributed by atoms with Crippen molar-refractivity contribution in [2.24, 2.45) is 0 Å². The summed E-state index contributed by atoms with van der Waals surface area (Å²) in [6.45, 7) is 5.32. The second-order valence-corrected chi connectivity index (χ2v) is 8.30. The molecular weight excluding hydrogens is 386 g/mol. The maximum absolute atomic E-state index is 12.7. The number of carbonyl (C=O) groups excluding carboxylic acids is 3. The van der Waals surface area contributed by atoms with E-state index in [4.69, 9.17) is 9.47 Å². The molecule has 0 unspecified atom stereocenters. The number of hydrogen-bond donors (Lipinski definition) is 0. The highest BCUT2D eigenvalue weighted by atomic mass is 16.6. The number of nitrogens with zero attached hydrogens (tertiary/aromatic N) is 1. The maximum Gasteiger partial charge on any atom is 0.428 e. The van der Waals surface area contributed by atoms with Gasteiger partial charge in [0.15, 0.2) is 6.04 Å². The Morgan fingerprint density at radius 3 is 2.10 bits per heavy atom. The molecule has 7 heteroatoms. The van der Waals surface area contributed by atoms with Crippen LogP contribution >= 0.6 is 0 Å². The highest BCUT2D eigenvalue weighted by Gasteiger charge is 2.47. The van der Waals surface area contributed by atoms with E-state index in [1.807, 2.05) is 69.3 Å². The molecule has 0 spiro atoms. The lowest BCUT2D eigenvalue weighted by molar-refractivity contribution is -0.138. The summed E-state index contributed by atoms with van der Waals surface area (Å²) in [5, 5.41) is 0. The molecule has 2 aliphatic rings. The standard InChI is InChI=1S/C23H23NO6/c1-23(2,3)29-13-19-20(25)30-22(27)24(19)21(26)28-12-18-16-10-6-4-8-14(16)15-9-5-7-11-17(15)18/h4-11,18-19H,12-13H2,1-3H3/t19-/m0/s1. The SMILES string of the molecule is CC(C)(C)OC[C@H]1C(=O)OC(=O)N1C(=O)OCC1c2ccccc2-c2ccccc21. The molecule has 0 N–H and O–H groups in total. The van der Waals surface area contributed by atoms with Crippen LogP contribution in [0.2, 0.25) is 0 Å². The van der Waals surface area contributed by atoms with Gasteiger partial charge >= 0.3 is 18.2 Å². The largest absolute Gasteiger partial charge is 0.448 e. The zero-order chi connectivity index (χ0) is 21.5. The van der Waals surface area contributed by atoms with Gasteiger partial charge in [0.2, 0.25) is 0 Å². The lowest BCUT2D eigenvalue weighted by Gasteiger charge is -2.24. The molecule has 1 aliphatic heterocycles. The molecular formula is C23H23NO6. The number of ether oxygens (including phenoxy) is 3. The Balaban J connectivity index is 1.50. The van der Waals surface area contributed by atoms with Crippen molar-refractivity contribution in [3.8, 4) is 11.1 Å². The van der Waals surface area contributed by atoms with Gasteiger partial charge in [-0.3, -0.25) is 0 Å². The molecule has 1 fully saturated rings. The van der Waals surface area contributed by atoms with Crippen LogP contribution in [-0.2, 0) is 19.0 Å². The molecule has 30 heavy (non-hydrogen) atoms. The van der Waals surface area contributed by atoms with Crippen molar-refractivity contribution in [3.05, 3.63) is 59.7 Å². The molecule has 2 aromatic rings. The van der Waals surface area contributed by atoms with Gasteiger partial charge in [-0.2, -0.15) is 4.90 Å². The van der Waals surface area contributed by atoms with E-state index in [-0.39, 0.29) is 19.1 Å². The van der Waals surface area contributed by atoms with Crippen LogP contribution in [0.25, 0.3) is 11.1 Å². The summed E-state index contributed by atoms with van der Waals surface area (Å²) >= 11 is 0. The Labute approximate surface area is 174 Å². The Kier molecular flexibility index (Phi) is 5.07. The number of esters is 1. The second-order valence-electron chi connectivity index (χ2n) is 8.30. The molecule has 1 aliphatic carbocycles. The van der Waals surface area contributed by atoms with Crippen molar-refractivity contribution < 1.29 is 28.6 Å². The Bertz CT molecular complexity index is 963. The van der Waals surface area contributed by atoms with Crippen molar-refractivity contribution in [3.63, 3.8) is 0 Å². The molecule has 156 valence electrons. The van der Waals surface area contributed by atoms with Gasteiger partial charge in [-0.1, -0.05) is 48.5 Å². The third-order valence-electron chi connectivity index (χ3n) is 5.18. The van der Waals surface area contributed by atoms with Crippen LogP contribution in [0.1, 0.15) is 37.8 Å². The molecule has 7 nitrogen and oxygen atoms in total. The number of cyclic esters (lactones) is 2. The molecule has 1 atom stereocenters. The number of amides is 2. The predicted molar refractivity (Wildman–Crippen MR) is 108 cm³/mol. The summed E-state index contributed by atoms with van der Waals surface area (Å²) in [4.78, 5) is 37.5. The van der Waals surface area contributed by atoms with E-state index in [0.29, 0.717) is 4.90 Å². The van der Waals surface area contributed by atoms with E-state index in [9.17, 15) is 14.4 Å². The third-order valence-corrected chi connectivity index (χ3v) is 5.18. The number of fused-ring (bicyclic) bond motifs is 3. The molecule has 0 radical (unpaired) electrons. The van der Waals surface area contributed by atoms with Gasteiger partial charge in [0, 0.05) is 5.92 Å². The number of hydrogen-bond acceptors (Lipinski definition) is 6. The molecule has 2 aromatic carbocycles. The normalized spacial score (nSPS) is 18.2. The van der Waals surface area contributed by atoms with Crippen molar-refractivity contribution >= 4 is 18.2 Å². The first kappa shape index (κ1) is 20.1. The van der Waals surface area contributed by atoms with E-state index in [0.717, 1.165) is 22.3 Å². The zero-order valence-corrected chi connectivity index (χ0v) is 17.1. The van der Waals surface area contributed by atoms with E-state index in [1.54, 1.807) is 0 Å². The Hall–Kier alpha value is -3.19. The predicted octanol–water partition coefficient (Wildman–Crippen LogP) is 4.10. The van der Waals surface area contributed by atoms with Crippen molar-refractivity contribution in [2.45, 2.75) is 38.3 Å². The van der Waals surface area contributed by atoms with Crippen LogP contribution in [0.4, 0.5) is 9.59 Å². The maximum atomic E-state index is 12.7. The lowest BCUT2D eigenvalue weighted by Crippen LogP contribution is -2.44. The van der Waals surface area contributed by atoms with Gasteiger partial charge in [-0.25, -0.2) is 14.4 Å². The first-order chi connectivity index (χ1) is 14.3. The summed E-state index contributed by atoms with van der Waals surface area (Å²) < 4.78 is 15.7. The topological polar surface area (TPSA) is 82.1 Å². The highest BCUT2D eigenvalue weighted by Crippen LogP contribution is 2.44. The number of benzene rings is 2. The zero-order valence-electron chi connectivity index (χ0n) is 17.1. The van der Waals surface area contributed by atoms with E-state index in [2.05, 4.69) is 4.74 Å². The van der Waals surface area contributed by atoms with Gasteiger partial charge < -0.3 is 14.2 Å². The molecule has 0 bridgehead atoms. The van der Waals surface area contributed by atoms with E-state index >= 15 is 0 Å². The molecule has 1 heterocycles. The Morgan fingerprint density at radius 1 is 0.967 bits per heavy atom. The molecule has 2 amide bonds. The smallest absolute Gasteiger partial charge is 0.428 e. The van der Waals surface area contributed by atoms with Gasteiger partial charge in [0.1, 0.15) is 6.61 Å². The Morgan fingerprint density at radius 2 is 1.53 bits per heavy atom. The minimum Gasteiger partial charge on any atom is -0.448 e. The first-order valence-corrected chi connectivity index (χ1v) is 9.80. The highest BCUT2D eigenvalue weighted by molar-refractivity contribution is 6.03. The van der Waals surface area contributed by atoms with E-state index in [1.165, 1.54) is 0 Å². The monoisotopic (exact) mass is 409 g/mol. The molecule has 1 saturated heterocycles.